The van der Waals surface area contributed by atoms with Crippen molar-refractivity contribution in [2.24, 2.45) is 0 Å². The van der Waals surface area contributed by atoms with Crippen molar-refractivity contribution in [3.63, 3.8) is 0 Å². The van der Waals surface area contributed by atoms with Gasteiger partial charge in [0.05, 0.1) is 17.2 Å². The maximum Gasteiger partial charge on any atom is 0.498 e. The SMILES string of the molecule is CN1CCC(N2CC(n3cc(B4OC(C)(C)C(C)(C)O4)cn3)C2)CC1. The van der Waals surface area contributed by atoms with E-state index in [1.54, 1.807) is 0 Å². The van der Waals surface area contributed by atoms with E-state index in [0.29, 0.717) is 6.04 Å². The summed E-state index contributed by atoms with van der Waals surface area (Å²) in [5, 5.41) is 4.59. The molecule has 0 bridgehead atoms. The van der Waals surface area contributed by atoms with Gasteiger partial charge in [0.1, 0.15) is 0 Å². The highest BCUT2D eigenvalue weighted by Gasteiger charge is 2.52. The van der Waals surface area contributed by atoms with E-state index < -0.39 is 0 Å². The van der Waals surface area contributed by atoms with Crippen LogP contribution in [0.1, 0.15) is 46.6 Å². The van der Waals surface area contributed by atoms with Crippen LogP contribution in [0.5, 0.6) is 0 Å². The summed E-state index contributed by atoms with van der Waals surface area (Å²) in [5.41, 5.74) is 0.416. The van der Waals surface area contributed by atoms with Gasteiger partial charge in [-0.1, -0.05) is 0 Å². The molecule has 3 saturated heterocycles. The van der Waals surface area contributed by atoms with E-state index in [0.717, 1.165) is 24.6 Å². The van der Waals surface area contributed by atoms with Gasteiger partial charge in [-0.05, 0) is 60.7 Å². The van der Waals surface area contributed by atoms with Crippen molar-refractivity contribution in [2.45, 2.75) is 63.8 Å². The molecule has 0 aliphatic carbocycles. The van der Waals surface area contributed by atoms with Gasteiger partial charge in [0, 0.05) is 37.0 Å². The predicted molar refractivity (Wildman–Crippen MR) is 99.1 cm³/mol. The molecule has 1 aromatic heterocycles. The van der Waals surface area contributed by atoms with Crippen LogP contribution in [-0.4, -0.2) is 77.2 Å². The number of hydrogen-bond acceptors (Lipinski definition) is 5. The number of piperidine rings is 1. The summed E-state index contributed by atoms with van der Waals surface area (Å²) < 4.78 is 14.4. The minimum Gasteiger partial charge on any atom is -0.399 e. The van der Waals surface area contributed by atoms with Gasteiger partial charge in [-0.25, -0.2) is 0 Å². The van der Waals surface area contributed by atoms with E-state index in [4.69, 9.17) is 9.31 Å². The Bertz CT molecular complexity index is 602. The molecule has 1 aromatic rings. The first-order valence-corrected chi connectivity index (χ1v) is 9.57. The predicted octanol–water partition coefficient (Wildman–Crippen LogP) is 1.13. The fourth-order valence-electron chi connectivity index (χ4n) is 3.97. The smallest absolute Gasteiger partial charge is 0.399 e. The number of hydrogen-bond donors (Lipinski definition) is 0. The number of rotatable bonds is 3. The molecule has 0 unspecified atom stereocenters. The van der Waals surface area contributed by atoms with E-state index in [1.165, 1.54) is 25.9 Å². The van der Waals surface area contributed by atoms with E-state index in [9.17, 15) is 0 Å². The third-order valence-electron chi connectivity index (χ3n) is 6.62. The Hall–Kier alpha value is -0.885. The fraction of sp³-hybridized carbons (Fsp3) is 0.833. The molecule has 7 heteroatoms. The molecule has 6 nitrogen and oxygen atoms in total. The minimum absolute atomic E-state index is 0.304. The van der Waals surface area contributed by atoms with Crippen LogP contribution in [-0.2, 0) is 9.31 Å². The van der Waals surface area contributed by atoms with E-state index in [1.807, 2.05) is 6.20 Å². The third-order valence-corrected chi connectivity index (χ3v) is 6.62. The Balaban J connectivity index is 1.34. The molecule has 0 aromatic carbocycles. The lowest BCUT2D eigenvalue weighted by atomic mass is 9.82. The van der Waals surface area contributed by atoms with Crippen molar-refractivity contribution in [3.8, 4) is 0 Å². The molecule has 4 heterocycles. The lowest BCUT2D eigenvalue weighted by molar-refractivity contribution is 0.00578. The highest BCUT2D eigenvalue weighted by Crippen LogP contribution is 2.36. The second-order valence-electron chi connectivity index (χ2n) is 8.98. The molecule has 4 rings (SSSR count). The van der Waals surface area contributed by atoms with Crippen molar-refractivity contribution in [1.82, 2.24) is 19.6 Å². The average molecular weight is 346 g/mol. The summed E-state index contributed by atoms with van der Waals surface area (Å²) in [7, 11) is 1.90. The van der Waals surface area contributed by atoms with Crippen LogP contribution in [0, 0.1) is 0 Å². The molecule has 0 saturated carbocycles. The van der Waals surface area contributed by atoms with Crippen LogP contribution < -0.4 is 5.46 Å². The van der Waals surface area contributed by atoms with Crippen molar-refractivity contribution in [2.75, 3.05) is 33.2 Å². The van der Waals surface area contributed by atoms with Crippen LogP contribution >= 0.6 is 0 Å². The molecule has 25 heavy (non-hydrogen) atoms. The molecule has 0 atom stereocenters. The van der Waals surface area contributed by atoms with Crippen LogP contribution in [0.3, 0.4) is 0 Å². The second-order valence-corrected chi connectivity index (χ2v) is 8.98. The first-order chi connectivity index (χ1) is 11.7. The topological polar surface area (TPSA) is 42.8 Å². The normalized spacial score (nSPS) is 28.4. The summed E-state index contributed by atoms with van der Waals surface area (Å²) in [5.74, 6) is 0. The standard InChI is InChI=1S/C18H31BN4O2/c1-17(2)18(3,4)25-19(24-17)14-10-20-23(11-14)16-12-22(13-16)15-6-8-21(5)9-7-15/h10-11,15-16H,6-9,12-13H2,1-5H3. The average Bonchev–Trinajstić information content (AvgIpc) is 3.03. The lowest BCUT2D eigenvalue weighted by Gasteiger charge is -2.46. The van der Waals surface area contributed by atoms with Gasteiger partial charge in [0.15, 0.2) is 0 Å². The third kappa shape index (κ3) is 3.16. The van der Waals surface area contributed by atoms with Gasteiger partial charge < -0.3 is 14.2 Å². The molecule has 0 N–H and O–H groups in total. The zero-order valence-corrected chi connectivity index (χ0v) is 16.2. The minimum atomic E-state index is -0.316. The number of aromatic nitrogens is 2. The summed E-state index contributed by atoms with van der Waals surface area (Å²) in [6, 6.07) is 1.24. The highest BCUT2D eigenvalue weighted by atomic mass is 16.7. The summed E-state index contributed by atoms with van der Waals surface area (Å²) >= 11 is 0. The van der Waals surface area contributed by atoms with Crippen LogP contribution in [0.2, 0.25) is 0 Å². The highest BCUT2D eigenvalue weighted by molar-refractivity contribution is 6.62. The monoisotopic (exact) mass is 346 g/mol. The Labute approximate surface area is 151 Å². The van der Waals surface area contributed by atoms with E-state index >= 15 is 0 Å². The molecular weight excluding hydrogens is 315 g/mol. The van der Waals surface area contributed by atoms with Crippen molar-refractivity contribution in [1.29, 1.82) is 0 Å². The first-order valence-electron chi connectivity index (χ1n) is 9.57. The summed E-state index contributed by atoms with van der Waals surface area (Å²) in [6.07, 6.45) is 6.60. The molecule has 3 fully saturated rings. The Morgan fingerprint density at radius 1 is 1.04 bits per heavy atom. The maximum absolute atomic E-state index is 6.13. The molecule has 0 amide bonds. The lowest BCUT2D eigenvalue weighted by Crippen LogP contribution is -2.55. The maximum atomic E-state index is 6.13. The van der Waals surface area contributed by atoms with Gasteiger partial charge in [0.2, 0.25) is 0 Å². The second kappa shape index (κ2) is 6.08. The zero-order valence-electron chi connectivity index (χ0n) is 16.2. The number of likely N-dealkylation sites (tertiary alicyclic amines) is 2. The van der Waals surface area contributed by atoms with E-state index in [2.05, 4.69) is 60.5 Å². The largest absolute Gasteiger partial charge is 0.498 e. The quantitative estimate of drug-likeness (QED) is 0.768. The van der Waals surface area contributed by atoms with Gasteiger partial charge in [-0.15, -0.1) is 0 Å². The molecular formula is C18H31BN4O2. The van der Waals surface area contributed by atoms with Gasteiger partial charge in [-0.2, -0.15) is 5.10 Å². The Kier molecular flexibility index (Phi) is 4.26. The summed E-state index contributed by atoms with van der Waals surface area (Å²) in [4.78, 5) is 5.05. The molecule has 3 aliphatic heterocycles. The first kappa shape index (κ1) is 17.5. The zero-order chi connectivity index (χ0) is 17.8. The van der Waals surface area contributed by atoms with Crippen LogP contribution in [0.4, 0.5) is 0 Å². The number of nitrogens with zero attached hydrogens (tertiary/aromatic N) is 4. The van der Waals surface area contributed by atoms with E-state index in [-0.39, 0.29) is 18.3 Å². The molecule has 0 spiro atoms. The molecule has 138 valence electrons. The van der Waals surface area contributed by atoms with Crippen molar-refractivity contribution in [3.05, 3.63) is 12.4 Å². The van der Waals surface area contributed by atoms with Crippen molar-refractivity contribution >= 4 is 12.6 Å². The van der Waals surface area contributed by atoms with Gasteiger partial charge >= 0.3 is 7.12 Å². The fourth-order valence-corrected chi connectivity index (χ4v) is 3.97. The van der Waals surface area contributed by atoms with Crippen molar-refractivity contribution < 1.29 is 9.31 Å². The van der Waals surface area contributed by atoms with Gasteiger partial charge in [-0.3, -0.25) is 9.58 Å². The molecule has 0 radical (unpaired) electrons. The Morgan fingerprint density at radius 2 is 1.64 bits per heavy atom. The van der Waals surface area contributed by atoms with Crippen LogP contribution in [0.25, 0.3) is 0 Å². The van der Waals surface area contributed by atoms with Crippen LogP contribution in [0.15, 0.2) is 12.4 Å². The summed E-state index contributed by atoms with van der Waals surface area (Å²) in [6.45, 7) is 13.0. The molecule has 3 aliphatic rings. The van der Waals surface area contributed by atoms with Gasteiger partial charge in [0.25, 0.3) is 0 Å². The Morgan fingerprint density at radius 3 is 2.24 bits per heavy atom.